The zero-order valence-corrected chi connectivity index (χ0v) is 20.1. The molecule has 8 heteroatoms. The average molecular weight is 480 g/mol. The molecule has 5 rings (SSSR count). The Kier molecular flexibility index (Phi) is 6.18. The van der Waals surface area contributed by atoms with Crippen molar-refractivity contribution in [1.29, 1.82) is 0 Å². The molecule has 178 valence electrons. The first-order chi connectivity index (χ1) is 16.5. The number of hydrogen-bond acceptors (Lipinski definition) is 5. The van der Waals surface area contributed by atoms with Crippen LogP contribution in [0.2, 0.25) is 0 Å². The number of methoxy groups -OCH3 is 1. The van der Waals surface area contributed by atoms with Gasteiger partial charge >= 0.3 is 5.97 Å². The number of para-hydroxylation sites is 1. The SMILES string of the molecule is COC(=O)c1cc(S(=O)(=O)N2CCCCC2)ccc1N1CC=C(c2c[nH]c3ccccc23)CC1. The van der Waals surface area contributed by atoms with E-state index in [1.807, 2.05) is 18.3 Å². The molecule has 34 heavy (non-hydrogen) atoms. The van der Waals surface area contributed by atoms with Gasteiger partial charge in [-0.3, -0.25) is 0 Å². The highest BCUT2D eigenvalue weighted by Gasteiger charge is 2.29. The van der Waals surface area contributed by atoms with Crippen LogP contribution < -0.4 is 4.90 Å². The molecule has 3 heterocycles. The Labute approximate surface area is 200 Å². The first-order valence-electron chi connectivity index (χ1n) is 11.7. The summed E-state index contributed by atoms with van der Waals surface area (Å²) in [5.41, 5.74) is 4.55. The quantitative estimate of drug-likeness (QED) is 0.548. The third kappa shape index (κ3) is 4.12. The molecule has 2 aromatic carbocycles. The molecule has 0 amide bonds. The molecule has 2 aliphatic heterocycles. The van der Waals surface area contributed by atoms with Crippen molar-refractivity contribution in [1.82, 2.24) is 9.29 Å². The van der Waals surface area contributed by atoms with Crippen LogP contribution in [-0.2, 0) is 14.8 Å². The number of aromatic amines is 1. The molecule has 0 spiro atoms. The fourth-order valence-corrected chi connectivity index (χ4v) is 6.49. The minimum atomic E-state index is -3.64. The summed E-state index contributed by atoms with van der Waals surface area (Å²) < 4.78 is 32.9. The van der Waals surface area contributed by atoms with E-state index in [9.17, 15) is 13.2 Å². The van der Waals surface area contributed by atoms with Crippen molar-refractivity contribution < 1.29 is 17.9 Å². The third-order valence-electron chi connectivity index (χ3n) is 6.81. The van der Waals surface area contributed by atoms with Gasteiger partial charge in [-0.05, 0) is 49.1 Å². The van der Waals surface area contributed by atoms with Crippen LogP contribution in [0.4, 0.5) is 5.69 Å². The van der Waals surface area contributed by atoms with Crippen LogP contribution in [-0.4, -0.2) is 57.0 Å². The first kappa shape index (κ1) is 22.7. The van der Waals surface area contributed by atoms with Gasteiger partial charge in [0.25, 0.3) is 0 Å². The summed E-state index contributed by atoms with van der Waals surface area (Å²) in [6.45, 7) is 2.38. The summed E-state index contributed by atoms with van der Waals surface area (Å²) in [6.07, 6.45) is 7.81. The summed E-state index contributed by atoms with van der Waals surface area (Å²) >= 11 is 0. The van der Waals surface area contributed by atoms with Gasteiger partial charge in [-0.15, -0.1) is 0 Å². The molecule has 1 aromatic heterocycles. The molecule has 1 fully saturated rings. The molecule has 3 aromatic rings. The van der Waals surface area contributed by atoms with Crippen LogP contribution in [0.1, 0.15) is 41.6 Å². The number of hydrogen-bond donors (Lipinski definition) is 1. The van der Waals surface area contributed by atoms with Crippen LogP contribution >= 0.6 is 0 Å². The van der Waals surface area contributed by atoms with Crippen molar-refractivity contribution in [2.75, 3.05) is 38.2 Å². The van der Waals surface area contributed by atoms with Crippen molar-refractivity contribution in [3.8, 4) is 0 Å². The predicted molar refractivity (Wildman–Crippen MR) is 133 cm³/mol. The number of esters is 1. The second-order valence-electron chi connectivity index (χ2n) is 8.81. The van der Waals surface area contributed by atoms with Gasteiger partial charge < -0.3 is 14.6 Å². The van der Waals surface area contributed by atoms with Crippen LogP contribution in [0.25, 0.3) is 16.5 Å². The van der Waals surface area contributed by atoms with Crippen molar-refractivity contribution in [3.05, 3.63) is 65.9 Å². The summed E-state index contributed by atoms with van der Waals surface area (Å²) in [7, 11) is -2.32. The number of anilines is 1. The van der Waals surface area contributed by atoms with Crippen molar-refractivity contribution >= 4 is 38.2 Å². The number of fused-ring (bicyclic) bond motifs is 1. The molecule has 0 atom stereocenters. The number of nitrogens with zero attached hydrogens (tertiary/aromatic N) is 2. The molecule has 2 aliphatic rings. The van der Waals surface area contributed by atoms with Gasteiger partial charge in [0.2, 0.25) is 10.0 Å². The lowest BCUT2D eigenvalue weighted by Crippen LogP contribution is -2.36. The number of carbonyl (C=O) groups excluding carboxylic acids is 1. The second kappa shape index (κ2) is 9.27. The highest BCUT2D eigenvalue weighted by Crippen LogP contribution is 2.33. The summed E-state index contributed by atoms with van der Waals surface area (Å²) in [5, 5.41) is 1.20. The first-order valence-corrected chi connectivity index (χ1v) is 13.2. The van der Waals surface area contributed by atoms with E-state index in [0.717, 1.165) is 31.2 Å². The lowest BCUT2D eigenvalue weighted by atomic mass is 9.98. The van der Waals surface area contributed by atoms with E-state index in [4.69, 9.17) is 4.74 Å². The Morgan fingerprint density at radius 2 is 1.82 bits per heavy atom. The average Bonchev–Trinajstić information content (AvgIpc) is 3.33. The highest BCUT2D eigenvalue weighted by atomic mass is 32.2. The maximum Gasteiger partial charge on any atom is 0.340 e. The molecule has 0 bridgehead atoms. The van der Waals surface area contributed by atoms with Gasteiger partial charge in [-0.1, -0.05) is 30.7 Å². The largest absolute Gasteiger partial charge is 0.465 e. The van der Waals surface area contributed by atoms with Gasteiger partial charge in [0.15, 0.2) is 0 Å². The number of rotatable bonds is 5. The smallest absolute Gasteiger partial charge is 0.340 e. The van der Waals surface area contributed by atoms with Gasteiger partial charge in [-0.2, -0.15) is 4.31 Å². The number of nitrogens with one attached hydrogen (secondary N) is 1. The molecule has 0 unspecified atom stereocenters. The Morgan fingerprint density at radius 1 is 1.03 bits per heavy atom. The number of sulfonamides is 1. The number of ether oxygens (including phenoxy) is 1. The third-order valence-corrected chi connectivity index (χ3v) is 8.71. The highest BCUT2D eigenvalue weighted by molar-refractivity contribution is 7.89. The topological polar surface area (TPSA) is 82.7 Å². The monoisotopic (exact) mass is 479 g/mol. The maximum absolute atomic E-state index is 13.2. The van der Waals surface area contributed by atoms with E-state index in [1.165, 1.54) is 34.0 Å². The van der Waals surface area contributed by atoms with Crippen LogP contribution in [0.3, 0.4) is 0 Å². The summed E-state index contributed by atoms with van der Waals surface area (Å²) in [4.78, 5) is 18.2. The molecular formula is C26H29N3O4S. The fraction of sp³-hybridized carbons (Fsp3) is 0.346. The van der Waals surface area contributed by atoms with E-state index in [-0.39, 0.29) is 10.5 Å². The van der Waals surface area contributed by atoms with E-state index in [2.05, 4.69) is 28.1 Å². The van der Waals surface area contributed by atoms with Gasteiger partial charge in [-0.25, -0.2) is 13.2 Å². The van der Waals surface area contributed by atoms with Crippen molar-refractivity contribution in [2.45, 2.75) is 30.6 Å². The number of carbonyl (C=O) groups is 1. The molecular weight excluding hydrogens is 450 g/mol. The molecule has 1 N–H and O–H groups in total. The van der Waals surface area contributed by atoms with Crippen LogP contribution in [0, 0.1) is 0 Å². The standard InChI is InChI=1S/C26H29N3O4S/c1-33-26(30)22-17-20(34(31,32)29-13-5-2-6-14-29)9-10-25(22)28-15-11-19(12-16-28)23-18-27-24-8-4-3-7-21(23)24/h3-4,7-11,17-18,27H,2,5-6,12-16H2,1H3. The summed E-state index contributed by atoms with van der Waals surface area (Å²) in [6, 6.07) is 13.1. The van der Waals surface area contributed by atoms with E-state index < -0.39 is 16.0 Å². The Bertz CT molecular complexity index is 1350. The molecule has 0 aliphatic carbocycles. The Hall–Kier alpha value is -3.10. The molecule has 0 saturated carbocycles. The van der Waals surface area contributed by atoms with Gasteiger partial charge in [0.1, 0.15) is 0 Å². The number of aromatic nitrogens is 1. The minimum Gasteiger partial charge on any atom is -0.465 e. The van der Waals surface area contributed by atoms with Crippen molar-refractivity contribution in [2.24, 2.45) is 0 Å². The van der Waals surface area contributed by atoms with Crippen LogP contribution in [0.5, 0.6) is 0 Å². The minimum absolute atomic E-state index is 0.144. The van der Waals surface area contributed by atoms with E-state index >= 15 is 0 Å². The maximum atomic E-state index is 13.2. The fourth-order valence-electron chi connectivity index (χ4n) is 4.95. The normalized spacial score (nSPS) is 17.6. The second-order valence-corrected chi connectivity index (χ2v) is 10.7. The zero-order chi connectivity index (χ0) is 23.7. The number of H-pyrrole nitrogens is 1. The zero-order valence-electron chi connectivity index (χ0n) is 19.3. The molecule has 7 nitrogen and oxygen atoms in total. The number of piperidine rings is 1. The summed E-state index contributed by atoms with van der Waals surface area (Å²) in [5.74, 6) is -0.530. The lowest BCUT2D eigenvalue weighted by Gasteiger charge is -2.30. The Balaban J connectivity index is 1.44. The predicted octanol–water partition coefficient (Wildman–Crippen LogP) is 4.42. The van der Waals surface area contributed by atoms with Gasteiger partial charge in [0, 0.05) is 48.8 Å². The Morgan fingerprint density at radius 3 is 2.56 bits per heavy atom. The number of benzene rings is 2. The van der Waals surface area contributed by atoms with Crippen molar-refractivity contribution in [3.63, 3.8) is 0 Å². The van der Waals surface area contributed by atoms with Gasteiger partial charge in [0.05, 0.1) is 23.3 Å². The molecule has 1 saturated heterocycles. The van der Waals surface area contributed by atoms with Crippen LogP contribution in [0.15, 0.2) is 59.6 Å². The molecule has 0 radical (unpaired) electrons. The van der Waals surface area contributed by atoms with E-state index in [1.54, 1.807) is 12.1 Å². The van der Waals surface area contributed by atoms with E-state index in [0.29, 0.717) is 31.9 Å². The lowest BCUT2D eigenvalue weighted by molar-refractivity contribution is 0.0601.